The molecule has 38 heavy (non-hydrogen) atoms. The minimum atomic E-state index is -0.343. The van der Waals surface area contributed by atoms with Gasteiger partial charge in [-0.2, -0.15) is 0 Å². The van der Waals surface area contributed by atoms with Crippen molar-refractivity contribution in [3.8, 4) is 34.8 Å². The minimum absolute atomic E-state index is 0.343. The number of nitrogens with one attached hydrogen (secondary N) is 2. The average molecular weight is 499 g/mol. The molecular weight excluding hydrogens is 472 g/mol. The van der Waals surface area contributed by atoms with E-state index in [9.17, 15) is 9.59 Å². The second-order valence-electron chi connectivity index (χ2n) is 8.78. The quantitative estimate of drug-likeness (QED) is 0.148. The van der Waals surface area contributed by atoms with Crippen LogP contribution in [0.2, 0.25) is 0 Å². The maximum Gasteiger partial charge on any atom is 0.265 e. The van der Waals surface area contributed by atoms with Gasteiger partial charge in [-0.05, 0) is 109 Å². The molecule has 0 saturated heterocycles. The number of nitrogen functional groups attached to an aromatic ring is 2. The fourth-order valence-corrected chi connectivity index (χ4v) is 3.91. The van der Waals surface area contributed by atoms with Gasteiger partial charge in [-0.3, -0.25) is 20.4 Å². The Morgan fingerprint density at radius 1 is 0.526 bits per heavy atom. The Bertz CT molecular complexity index is 1510. The summed E-state index contributed by atoms with van der Waals surface area (Å²) in [5.74, 6) is 22.5. The Hall–Kier alpha value is -5.14. The highest BCUT2D eigenvalue weighted by atomic mass is 16.2. The predicted octanol–water partition coefficient (Wildman–Crippen LogP) is 3.98. The van der Waals surface area contributed by atoms with Crippen molar-refractivity contribution in [3.63, 3.8) is 0 Å². The van der Waals surface area contributed by atoms with Gasteiger partial charge >= 0.3 is 0 Å². The van der Waals surface area contributed by atoms with Gasteiger partial charge in [0.25, 0.3) is 11.8 Å². The van der Waals surface area contributed by atoms with Crippen molar-refractivity contribution in [1.82, 2.24) is 10.9 Å². The summed E-state index contributed by atoms with van der Waals surface area (Å²) < 4.78 is 0. The Kier molecular flexibility index (Phi) is 8.01. The van der Waals surface area contributed by atoms with Crippen molar-refractivity contribution in [1.29, 1.82) is 0 Å². The van der Waals surface area contributed by atoms with Gasteiger partial charge in [0, 0.05) is 33.4 Å². The standard InChI is InChI=1S/C32H26N4O2/c1-21-15-25(5-3-23-7-11-27(12-8-23)31(37)35-33)19-29(17-21)30-18-22(2)16-26(20-30)6-4-24-9-13-28(14-10-24)32(38)36-34/h7-20H,33-34H2,1-2H3,(H,35,37)(H,36,38). The number of hydrazine groups is 2. The number of rotatable bonds is 3. The molecule has 6 heteroatoms. The van der Waals surface area contributed by atoms with Crippen LogP contribution in [0.3, 0.4) is 0 Å². The van der Waals surface area contributed by atoms with E-state index in [4.69, 9.17) is 11.7 Å². The molecule has 0 aromatic heterocycles. The molecule has 6 nitrogen and oxygen atoms in total. The Labute approximate surface area is 222 Å². The van der Waals surface area contributed by atoms with Gasteiger partial charge in [0.2, 0.25) is 0 Å². The monoisotopic (exact) mass is 498 g/mol. The molecule has 0 saturated carbocycles. The third kappa shape index (κ3) is 6.54. The number of hydrogen-bond donors (Lipinski definition) is 4. The zero-order valence-electron chi connectivity index (χ0n) is 21.1. The summed E-state index contributed by atoms with van der Waals surface area (Å²) in [6, 6.07) is 26.4. The van der Waals surface area contributed by atoms with Crippen molar-refractivity contribution in [2.45, 2.75) is 13.8 Å². The zero-order chi connectivity index (χ0) is 27.1. The number of amides is 2. The highest BCUT2D eigenvalue weighted by Gasteiger charge is 2.05. The number of hydrogen-bond acceptors (Lipinski definition) is 4. The van der Waals surface area contributed by atoms with Gasteiger partial charge in [-0.15, -0.1) is 0 Å². The number of benzene rings is 4. The summed E-state index contributed by atoms with van der Waals surface area (Å²) >= 11 is 0. The summed E-state index contributed by atoms with van der Waals surface area (Å²) in [6.45, 7) is 4.08. The second kappa shape index (κ2) is 11.7. The van der Waals surface area contributed by atoms with E-state index in [0.717, 1.165) is 44.5 Å². The molecule has 6 N–H and O–H groups in total. The molecule has 0 heterocycles. The number of nitrogens with two attached hydrogens (primary N) is 2. The molecule has 2 amide bonds. The molecule has 0 aliphatic rings. The van der Waals surface area contributed by atoms with Crippen LogP contribution in [0.25, 0.3) is 11.1 Å². The average Bonchev–Trinajstić information content (AvgIpc) is 2.94. The Balaban J connectivity index is 1.59. The lowest BCUT2D eigenvalue weighted by Crippen LogP contribution is -2.29. The summed E-state index contributed by atoms with van der Waals surface area (Å²) in [7, 11) is 0. The molecule has 186 valence electrons. The Morgan fingerprint density at radius 3 is 1.21 bits per heavy atom. The van der Waals surface area contributed by atoms with Crippen molar-refractivity contribution in [2.24, 2.45) is 11.7 Å². The molecule has 0 atom stereocenters. The molecule has 0 radical (unpaired) electrons. The van der Waals surface area contributed by atoms with E-state index >= 15 is 0 Å². The molecule has 0 spiro atoms. The second-order valence-corrected chi connectivity index (χ2v) is 8.78. The van der Waals surface area contributed by atoms with E-state index in [-0.39, 0.29) is 11.8 Å². The van der Waals surface area contributed by atoms with Crippen LogP contribution in [0.5, 0.6) is 0 Å². The van der Waals surface area contributed by atoms with Crippen molar-refractivity contribution >= 4 is 11.8 Å². The highest BCUT2D eigenvalue weighted by molar-refractivity contribution is 5.94. The predicted molar refractivity (Wildman–Crippen MR) is 150 cm³/mol. The molecule has 0 aliphatic heterocycles. The maximum absolute atomic E-state index is 11.6. The SMILES string of the molecule is Cc1cc(C#Cc2ccc(C(=O)NN)cc2)cc(-c2cc(C)cc(C#Cc3ccc(C(=O)NN)cc3)c2)c1. The molecule has 4 aromatic rings. The van der Waals surface area contributed by atoms with Crippen molar-refractivity contribution in [2.75, 3.05) is 0 Å². The molecule has 0 unspecified atom stereocenters. The fraction of sp³-hybridized carbons (Fsp3) is 0.0625. The first-order valence-corrected chi connectivity index (χ1v) is 11.8. The molecule has 4 aromatic carbocycles. The van der Waals surface area contributed by atoms with Crippen LogP contribution in [0.4, 0.5) is 0 Å². The van der Waals surface area contributed by atoms with Crippen molar-refractivity contribution in [3.05, 3.63) is 129 Å². The van der Waals surface area contributed by atoms with E-state index in [1.54, 1.807) is 48.5 Å². The summed E-state index contributed by atoms with van der Waals surface area (Å²) in [4.78, 5) is 23.2. The molecule has 0 fully saturated rings. The van der Waals surface area contributed by atoms with Gasteiger partial charge in [-0.25, -0.2) is 11.7 Å². The van der Waals surface area contributed by atoms with E-state index in [1.165, 1.54) is 0 Å². The summed E-state index contributed by atoms with van der Waals surface area (Å²) in [5.41, 5.74) is 12.9. The van der Waals surface area contributed by atoms with Gasteiger partial charge < -0.3 is 0 Å². The number of carbonyl (C=O) groups is 2. The lowest BCUT2D eigenvalue weighted by Gasteiger charge is -2.07. The minimum Gasteiger partial charge on any atom is -0.290 e. The first-order valence-electron chi connectivity index (χ1n) is 11.8. The summed E-state index contributed by atoms with van der Waals surface area (Å²) in [6.07, 6.45) is 0. The van der Waals surface area contributed by atoms with Crippen LogP contribution in [-0.4, -0.2) is 11.8 Å². The lowest BCUT2D eigenvalue weighted by atomic mass is 9.97. The molecule has 4 rings (SSSR count). The first kappa shape index (κ1) is 25.9. The maximum atomic E-state index is 11.6. The van der Waals surface area contributed by atoms with E-state index in [2.05, 4.69) is 58.8 Å². The topological polar surface area (TPSA) is 110 Å². The molecule has 0 aliphatic carbocycles. The molecular formula is C32H26N4O2. The fourth-order valence-electron chi connectivity index (χ4n) is 3.91. The summed E-state index contributed by atoms with van der Waals surface area (Å²) in [5, 5.41) is 0. The van der Waals surface area contributed by atoms with Crippen molar-refractivity contribution < 1.29 is 9.59 Å². The van der Waals surface area contributed by atoms with E-state index < -0.39 is 0 Å². The van der Waals surface area contributed by atoms with E-state index in [1.807, 2.05) is 26.0 Å². The third-order valence-corrected chi connectivity index (χ3v) is 5.75. The number of aryl methyl sites for hydroxylation is 2. The lowest BCUT2D eigenvalue weighted by molar-refractivity contribution is 0.0945. The first-order chi connectivity index (χ1) is 18.3. The van der Waals surface area contributed by atoms with Crippen LogP contribution in [0.15, 0.2) is 84.9 Å². The van der Waals surface area contributed by atoms with Crippen LogP contribution >= 0.6 is 0 Å². The van der Waals surface area contributed by atoms with Gasteiger partial charge in [-0.1, -0.05) is 35.8 Å². The number of carbonyl (C=O) groups excluding carboxylic acids is 2. The Morgan fingerprint density at radius 2 is 0.868 bits per heavy atom. The van der Waals surface area contributed by atoms with Gasteiger partial charge in [0.05, 0.1) is 0 Å². The van der Waals surface area contributed by atoms with Gasteiger partial charge in [0.1, 0.15) is 0 Å². The smallest absolute Gasteiger partial charge is 0.265 e. The van der Waals surface area contributed by atoms with Crippen LogP contribution < -0.4 is 22.5 Å². The molecule has 0 bridgehead atoms. The largest absolute Gasteiger partial charge is 0.290 e. The highest BCUT2D eigenvalue weighted by Crippen LogP contribution is 2.25. The zero-order valence-corrected chi connectivity index (χ0v) is 21.1. The van der Waals surface area contributed by atoms with Crippen LogP contribution in [-0.2, 0) is 0 Å². The van der Waals surface area contributed by atoms with Crippen LogP contribution in [0, 0.1) is 37.5 Å². The normalized spacial score (nSPS) is 9.89. The van der Waals surface area contributed by atoms with Crippen LogP contribution in [0.1, 0.15) is 54.1 Å². The van der Waals surface area contributed by atoms with Gasteiger partial charge in [0.15, 0.2) is 0 Å². The third-order valence-electron chi connectivity index (χ3n) is 5.75. The van der Waals surface area contributed by atoms with E-state index in [0.29, 0.717) is 11.1 Å².